The summed E-state index contributed by atoms with van der Waals surface area (Å²) in [5, 5.41) is 8.47. The van der Waals surface area contributed by atoms with Crippen molar-refractivity contribution in [2.75, 3.05) is 17.2 Å². The number of hydrogen-bond donors (Lipinski definition) is 3. The number of benzene rings is 3. The summed E-state index contributed by atoms with van der Waals surface area (Å²) < 4.78 is 10.8. The number of furan rings is 1. The molecule has 0 spiro atoms. The van der Waals surface area contributed by atoms with E-state index in [-0.39, 0.29) is 18.2 Å². The number of fused-ring (bicyclic) bond motifs is 1. The smallest absolute Gasteiger partial charge is 0.341 e. The molecule has 2 unspecified atom stereocenters. The average Bonchev–Trinajstić information content (AvgIpc) is 3.78. The summed E-state index contributed by atoms with van der Waals surface area (Å²) in [6.07, 6.45) is 5.52. The normalized spacial score (nSPS) is 14.5. The highest BCUT2D eigenvalue weighted by atomic mass is 32.2. The molecular weight excluding hydrogens is 683 g/mol. The zero-order chi connectivity index (χ0) is 35.7. The van der Waals surface area contributed by atoms with Crippen LogP contribution in [0, 0.1) is 5.92 Å². The van der Waals surface area contributed by atoms with Gasteiger partial charge in [-0.15, -0.1) is 23.1 Å². The minimum Gasteiger partial charge on any atom is -0.465 e. The second-order valence-electron chi connectivity index (χ2n) is 12.0. The van der Waals surface area contributed by atoms with Crippen LogP contribution in [0.15, 0.2) is 118 Å². The molecule has 6 rings (SSSR count). The summed E-state index contributed by atoms with van der Waals surface area (Å²) in [5.41, 5.74) is 3.04. The molecule has 51 heavy (non-hydrogen) atoms. The fourth-order valence-corrected chi connectivity index (χ4v) is 8.26. The van der Waals surface area contributed by atoms with Crippen LogP contribution in [0.5, 0.6) is 0 Å². The first-order chi connectivity index (χ1) is 24.8. The highest BCUT2D eigenvalue weighted by molar-refractivity contribution is 8.00. The average molecular weight is 720 g/mol. The molecule has 5 aromatic rings. The fourth-order valence-electron chi connectivity index (χ4n) is 5.78. The van der Waals surface area contributed by atoms with Gasteiger partial charge in [0, 0.05) is 27.1 Å². The van der Waals surface area contributed by atoms with Crippen molar-refractivity contribution in [3.63, 3.8) is 0 Å². The van der Waals surface area contributed by atoms with E-state index in [1.165, 1.54) is 35.4 Å². The molecule has 0 aliphatic heterocycles. The van der Waals surface area contributed by atoms with Crippen molar-refractivity contribution in [3.05, 3.63) is 142 Å². The first-order valence-corrected chi connectivity index (χ1v) is 18.4. The Bertz CT molecular complexity index is 2040. The van der Waals surface area contributed by atoms with Gasteiger partial charge in [-0.2, -0.15) is 0 Å². The number of nitrogens with one attached hydrogen (secondary N) is 3. The van der Waals surface area contributed by atoms with Crippen molar-refractivity contribution in [2.24, 2.45) is 5.92 Å². The monoisotopic (exact) mass is 719 g/mol. The molecule has 3 aromatic carbocycles. The Hall–Kier alpha value is -5.39. The Morgan fingerprint density at radius 2 is 1.73 bits per heavy atom. The van der Waals surface area contributed by atoms with Crippen molar-refractivity contribution in [1.29, 1.82) is 0 Å². The van der Waals surface area contributed by atoms with E-state index in [0.717, 1.165) is 35.3 Å². The highest BCUT2D eigenvalue weighted by Crippen LogP contribution is 2.42. The predicted molar refractivity (Wildman–Crippen MR) is 201 cm³/mol. The van der Waals surface area contributed by atoms with Gasteiger partial charge >= 0.3 is 5.97 Å². The van der Waals surface area contributed by atoms with Crippen LogP contribution in [-0.2, 0) is 27.2 Å². The van der Waals surface area contributed by atoms with Gasteiger partial charge in [0.15, 0.2) is 0 Å². The summed E-state index contributed by atoms with van der Waals surface area (Å²) in [6.45, 7) is 4.20. The van der Waals surface area contributed by atoms with E-state index in [2.05, 4.69) is 22.9 Å². The molecule has 1 aliphatic rings. The van der Waals surface area contributed by atoms with E-state index in [9.17, 15) is 19.2 Å². The Kier molecular flexibility index (Phi) is 11.5. The molecule has 9 nitrogen and oxygen atoms in total. The van der Waals surface area contributed by atoms with Gasteiger partial charge < -0.3 is 25.1 Å². The van der Waals surface area contributed by atoms with Crippen molar-refractivity contribution in [3.8, 4) is 0 Å². The number of anilines is 2. The van der Waals surface area contributed by atoms with Gasteiger partial charge in [-0.3, -0.25) is 14.4 Å². The third kappa shape index (κ3) is 8.86. The van der Waals surface area contributed by atoms with Crippen molar-refractivity contribution in [1.82, 2.24) is 5.32 Å². The molecule has 2 aromatic heterocycles. The fraction of sp³-hybridized carbons (Fsp3) is 0.200. The van der Waals surface area contributed by atoms with Crippen molar-refractivity contribution < 1.29 is 28.3 Å². The first kappa shape index (κ1) is 35.4. The number of esters is 1. The zero-order valence-electron chi connectivity index (χ0n) is 28.1. The standard InChI is InChI=1S/C40H37N3O6S2/c1-3-48-40(47)34-31-20-19-25(2)22-33(31)51-39(34)43-38(46)35(26-12-6-4-7-13-26)50-30-18-10-16-28(23-30)41-37(45)32(24-29-17-11-21-49-29)42-36(44)27-14-8-5-9-15-27/h4-18,21,23-25,35H,3,19-20,22H2,1-2H3,(H,41,45)(H,42,44)(H,43,46)/b32-24-. The van der Waals surface area contributed by atoms with Gasteiger partial charge in [-0.1, -0.05) is 61.5 Å². The van der Waals surface area contributed by atoms with E-state index >= 15 is 0 Å². The van der Waals surface area contributed by atoms with E-state index in [0.29, 0.717) is 38.4 Å². The van der Waals surface area contributed by atoms with Crippen LogP contribution in [-0.4, -0.2) is 30.3 Å². The van der Waals surface area contributed by atoms with E-state index in [1.54, 1.807) is 67.6 Å². The highest BCUT2D eigenvalue weighted by Gasteiger charge is 2.31. The molecule has 2 atom stereocenters. The molecule has 0 bridgehead atoms. The number of thiophene rings is 1. The largest absolute Gasteiger partial charge is 0.465 e. The maximum Gasteiger partial charge on any atom is 0.341 e. The number of thioether (sulfide) groups is 1. The Morgan fingerprint density at radius 3 is 2.45 bits per heavy atom. The van der Waals surface area contributed by atoms with Crippen LogP contribution < -0.4 is 16.0 Å². The number of amides is 3. The molecule has 260 valence electrons. The lowest BCUT2D eigenvalue weighted by Gasteiger charge is -2.19. The minimum atomic E-state index is -0.690. The van der Waals surface area contributed by atoms with Crippen molar-refractivity contribution >= 4 is 63.6 Å². The summed E-state index contributed by atoms with van der Waals surface area (Å²) in [6, 6.07) is 28.5. The third-order valence-electron chi connectivity index (χ3n) is 8.27. The van der Waals surface area contributed by atoms with Gasteiger partial charge in [0.2, 0.25) is 5.91 Å². The van der Waals surface area contributed by atoms with Crippen LogP contribution in [0.4, 0.5) is 10.7 Å². The zero-order valence-corrected chi connectivity index (χ0v) is 29.8. The SMILES string of the molecule is CCOC(=O)c1c(NC(=O)C(Sc2cccc(NC(=O)/C(=C/c3ccco3)NC(=O)c3ccccc3)c2)c2ccccc2)sc2c1CCC(C)C2. The molecule has 0 saturated carbocycles. The van der Waals surface area contributed by atoms with Gasteiger partial charge in [-0.25, -0.2) is 4.79 Å². The molecule has 11 heteroatoms. The van der Waals surface area contributed by atoms with Crippen LogP contribution in [0.2, 0.25) is 0 Å². The van der Waals surface area contributed by atoms with Gasteiger partial charge in [0.1, 0.15) is 21.7 Å². The lowest BCUT2D eigenvalue weighted by molar-refractivity contribution is -0.116. The maximum atomic E-state index is 14.1. The number of rotatable bonds is 12. The van der Waals surface area contributed by atoms with E-state index < -0.39 is 23.0 Å². The molecular formula is C40H37N3O6S2. The first-order valence-electron chi connectivity index (χ1n) is 16.7. The van der Waals surface area contributed by atoms with Crippen molar-refractivity contribution in [2.45, 2.75) is 43.3 Å². The van der Waals surface area contributed by atoms with E-state index in [4.69, 9.17) is 9.15 Å². The topological polar surface area (TPSA) is 127 Å². The van der Waals surface area contributed by atoms with Crippen LogP contribution in [0.3, 0.4) is 0 Å². The lowest BCUT2D eigenvalue weighted by Crippen LogP contribution is -2.30. The summed E-state index contributed by atoms with van der Waals surface area (Å²) >= 11 is 2.77. The number of ether oxygens (including phenoxy) is 1. The van der Waals surface area contributed by atoms with Crippen LogP contribution >= 0.6 is 23.1 Å². The summed E-state index contributed by atoms with van der Waals surface area (Å²) in [4.78, 5) is 55.7. The second-order valence-corrected chi connectivity index (χ2v) is 14.3. The Morgan fingerprint density at radius 1 is 0.961 bits per heavy atom. The quantitative estimate of drug-likeness (QED) is 0.0670. The lowest BCUT2D eigenvalue weighted by atomic mass is 9.88. The number of hydrogen-bond acceptors (Lipinski definition) is 8. The third-order valence-corrected chi connectivity index (χ3v) is 10.7. The Labute approximate surface area is 304 Å². The number of carbonyl (C=O) groups is 4. The molecule has 3 amide bonds. The Balaban J connectivity index is 1.24. The second kappa shape index (κ2) is 16.5. The maximum absolute atomic E-state index is 14.1. The molecule has 3 N–H and O–H groups in total. The van der Waals surface area contributed by atoms with Crippen LogP contribution in [0.1, 0.15) is 68.0 Å². The number of carbonyl (C=O) groups excluding carboxylic acids is 4. The summed E-state index contributed by atoms with van der Waals surface area (Å²) in [7, 11) is 0. The van der Waals surface area contributed by atoms with Gasteiger partial charge in [0.25, 0.3) is 11.8 Å². The molecule has 0 fully saturated rings. The molecule has 0 radical (unpaired) electrons. The predicted octanol–water partition coefficient (Wildman–Crippen LogP) is 8.52. The molecule has 2 heterocycles. The molecule has 1 aliphatic carbocycles. The van der Waals surface area contributed by atoms with Gasteiger partial charge in [-0.05, 0) is 85.7 Å². The molecule has 0 saturated heterocycles. The van der Waals surface area contributed by atoms with E-state index in [1.807, 2.05) is 36.4 Å². The van der Waals surface area contributed by atoms with Gasteiger partial charge in [0.05, 0.1) is 18.4 Å². The van der Waals surface area contributed by atoms with Crippen LogP contribution in [0.25, 0.3) is 6.08 Å². The summed E-state index contributed by atoms with van der Waals surface area (Å²) in [5.74, 6) is -0.832. The minimum absolute atomic E-state index is 0.0103.